The van der Waals surface area contributed by atoms with Gasteiger partial charge < -0.3 is 15.7 Å². The molecule has 102 valence electrons. The van der Waals surface area contributed by atoms with Crippen LogP contribution in [0.25, 0.3) is 0 Å². The summed E-state index contributed by atoms with van der Waals surface area (Å²) in [7, 11) is 0. The summed E-state index contributed by atoms with van der Waals surface area (Å²) in [6.45, 7) is 4.95. The van der Waals surface area contributed by atoms with Crippen LogP contribution < -0.4 is 10.6 Å². The van der Waals surface area contributed by atoms with Crippen molar-refractivity contribution in [3.63, 3.8) is 0 Å². The van der Waals surface area contributed by atoms with Gasteiger partial charge in [-0.05, 0) is 42.5 Å². The van der Waals surface area contributed by atoms with E-state index in [1.165, 1.54) is 11.3 Å². The lowest BCUT2D eigenvalue weighted by molar-refractivity contribution is 0.173. The Bertz CT molecular complexity index is 366. The minimum atomic E-state index is -0.643. The predicted octanol–water partition coefficient (Wildman–Crippen LogP) is 2.22. The summed E-state index contributed by atoms with van der Waals surface area (Å²) in [5.41, 5.74) is 0.838. The van der Waals surface area contributed by atoms with Crippen LogP contribution in [-0.2, 0) is 0 Å². The highest BCUT2D eigenvalue weighted by molar-refractivity contribution is 7.99. The molecule has 18 heavy (non-hydrogen) atoms. The number of thioether (sulfide) groups is 1. The van der Waals surface area contributed by atoms with E-state index in [2.05, 4.69) is 24.5 Å². The maximum atomic E-state index is 11.5. The number of carbonyl (C=O) groups excluding carboxylic acids is 1. The second-order valence-corrected chi connectivity index (χ2v) is 6.89. The molecular weight excluding hydrogens is 268 g/mol. The number of hydrogen-bond donors (Lipinski definition) is 3. The molecule has 1 heterocycles. The normalized spacial score (nSPS) is 13.1. The number of aliphatic hydroxyl groups is 1. The minimum Gasteiger partial charge on any atom is -0.387 e. The highest BCUT2D eigenvalue weighted by atomic mass is 32.2. The van der Waals surface area contributed by atoms with E-state index in [9.17, 15) is 9.90 Å². The number of urea groups is 1. The Labute approximate surface area is 116 Å². The van der Waals surface area contributed by atoms with Crippen LogP contribution in [0.1, 0.15) is 25.5 Å². The van der Waals surface area contributed by atoms with Gasteiger partial charge in [-0.15, -0.1) is 0 Å². The Balaban J connectivity index is 2.25. The van der Waals surface area contributed by atoms with Crippen molar-refractivity contribution in [1.82, 2.24) is 10.6 Å². The van der Waals surface area contributed by atoms with Crippen LogP contribution in [0.5, 0.6) is 0 Å². The molecule has 0 aromatic carbocycles. The summed E-state index contributed by atoms with van der Waals surface area (Å²) >= 11 is 3.23. The van der Waals surface area contributed by atoms with Gasteiger partial charge in [0.2, 0.25) is 0 Å². The van der Waals surface area contributed by atoms with E-state index in [0.29, 0.717) is 6.54 Å². The van der Waals surface area contributed by atoms with Gasteiger partial charge in [0, 0.05) is 17.8 Å². The summed E-state index contributed by atoms with van der Waals surface area (Å²) in [6.07, 6.45) is 1.37. The zero-order chi connectivity index (χ0) is 13.6. The molecule has 0 saturated heterocycles. The van der Waals surface area contributed by atoms with Gasteiger partial charge in [-0.1, -0.05) is 0 Å². The molecule has 0 fully saturated rings. The highest BCUT2D eigenvalue weighted by Gasteiger charge is 2.17. The standard InChI is InChI=1S/C12H20N2O2S2/c1-12(2,17-3)8-14-11(16)13-6-10(15)9-4-5-18-7-9/h4-5,7,10,15H,6,8H2,1-3H3,(H2,13,14,16). The molecular formula is C12H20N2O2S2. The van der Waals surface area contributed by atoms with Crippen molar-refractivity contribution >= 4 is 29.1 Å². The monoisotopic (exact) mass is 288 g/mol. The van der Waals surface area contributed by atoms with Crippen LogP contribution in [0.2, 0.25) is 0 Å². The summed E-state index contributed by atoms with van der Waals surface area (Å²) in [5.74, 6) is 0. The van der Waals surface area contributed by atoms with Gasteiger partial charge in [0.05, 0.1) is 6.10 Å². The molecule has 0 aliphatic carbocycles. The molecule has 2 amide bonds. The zero-order valence-corrected chi connectivity index (χ0v) is 12.5. The fourth-order valence-corrected chi connectivity index (χ4v) is 2.12. The molecule has 0 radical (unpaired) electrons. The predicted molar refractivity (Wildman–Crippen MR) is 78.3 cm³/mol. The number of hydrogen-bond acceptors (Lipinski definition) is 4. The average molecular weight is 288 g/mol. The van der Waals surface area contributed by atoms with Gasteiger partial charge in [-0.25, -0.2) is 4.79 Å². The number of amides is 2. The van der Waals surface area contributed by atoms with Crippen LogP contribution in [0.4, 0.5) is 4.79 Å². The first-order valence-corrected chi connectivity index (χ1v) is 7.88. The molecule has 3 N–H and O–H groups in total. The zero-order valence-electron chi connectivity index (χ0n) is 10.9. The summed E-state index contributed by atoms with van der Waals surface area (Å²) in [5, 5.41) is 19.0. The van der Waals surface area contributed by atoms with Crippen molar-refractivity contribution in [3.8, 4) is 0 Å². The topological polar surface area (TPSA) is 61.4 Å². The first kappa shape index (κ1) is 15.3. The first-order chi connectivity index (χ1) is 8.44. The second-order valence-electron chi connectivity index (χ2n) is 4.60. The summed E-state index contributed by atoms with van der Waals surface area (Å²) in [4.78, 5) is 11.5. The third kappa shape index (κ3) is 5.29. The lowest BCUT2D eigenvalue weighted by Crippen LogP contribution is -2.43. The molecule has 0 spiro atoms. The molecule has 1 aromatic heterocycles. The molecule has 1 unspecified atom stereocenters. The molecule has 6 heteroatoms. The van der Waals surface area contributed by atoms with Crippen LogP contribution in [0.15, 0.2) is 16.8 Å². The number of rotatable bonds is 6. The van der Waals surface area contributed by atoms with Crippen LogP contribution in [0.3, 0.4) is 0 Å². The Kier molecular flexibility index (Phi) is 5.98. The molecule has 4 nitrogen and oxygen atoms in total. The third-order valence-electron chi connectivity index (χ3n) is 2.61. The molecule has 1 aromatic rings. The van der Waals surface area contributed by atoms with Crippen molar-refractivity contribution in [2.75, 3.05) is 19.3 Å². The van der Waals surface area contributed by atoms with E-state index in [1.807, 2.05) is 23.1 Å². The van der Waals surface area contributed by atoms with E-state index < -0.39 is 6.10 Å². The fraction of sp³-hybridized carbons (Fsp3) is 0.583. The van der Waals surface area contributed by atoms with E-state index in [0.717, 1.165) is 5.56 Å². The van der Waals surface area contributed by atoms with Crippen molar-refractivity contribution in [2.24, 2.45) is 0 Å². The fourth-order valence-electron chi connectivity index (χ4n) is 1.20. The van der Waals surface area contributed by atoms with Gasteiger partial charge in [-0.3, -0.25) is 0 Å². The maximum absolute atomic E-state index is 11.5. The van der Waals surface area contributed by atoms with E-state index >= 15 is 0 Å². The molecule has 1 atom stereocenters. The van der Waals surface area contributed by atoms with Gasteiger partial charge >= 0.3 is 6.03 Å². The largest absolute Gasteiger partial charge is 0.387 e. The number of thiophene rings is 1. The van der Waals surface area contributed by atoms with E-state index in [4.69, 9.17) is 0 Å². The van der Waals surface area contributed by atoms with Crippen LogP contribution >= 0.6 is 23.1 Å². The van der Waals surface area contributed by atoms with Crippen molar-refractivity contribution in [2.45, 2.75) is 24.7 Å². The van der Waals surface area contributed by atoms with Crippen LogP contribution in [0, 0.1) is 0 Å². The lowest BCUT2D eigenvalue weighted by Gasteiger charge is -2.22. The maximum Gasteiger partial charge on any atom is 0.314 e. The van der Waals surface area contributed by atoms with Gasteiger partial charge in [0.1, 0.15) is 0 Å². The third-order valence-corrected chi connectivity index (χ3v) is 4.56. The quantitative estimate of drug-likeness (QED) is 0.752. The SMILES string of the molecule is CSC(C)(C)CNC(=O)NCC(O)c1ccsc1. The van der Waals surface area contributed by atoms with Crippen molar-refractivity contribution in [3.05, 3.63) is 22.4 Å². The molecule has 0 aliphatic rings. The van der Waals surface area contributed by atoms with Gasteiger partial charge in [0.15, 0.2) is 0 Å². The van der Waals surface area contributed by atoms with Crippen molar-refractivity contribution in [1.29, 1.82) is 0 Å². The van der Waals surface area contributed by atoms with Crippen LogP contribution in [-0.4, -0.2) is 35.2 Å². The Morgan fingerprint density at radius 1 is 1.56 bits per heavy atom. The molecule has 1 rings (SSSR count). The average Bonchev–Trinajstić information content (AvgIpc) is 2.87. The van der Waals surface area contributed by atoms with E-state index in [1.54, 1.807) is 11.8 Å². The van der Waals surface area contributed by atoms with Gasteiger partial charge in [0.25, 0.3) is 0 Å². The smallest absolute Gasteiger partial charge is 0.314 e. The van der Waals surface area contributed by atoms with Crippen molar-refractivity contribution < 1.29 is 9.90 Å². The minimum absolute atomic E-state index is 0.0172. The number of aliphatic hydroxyl groups excluding tert-OH is 1. The number of carbonyl (C=O) groups is 1. The first-order valence-electron chi connectivity index (χ1n) is 5.71. The Morgan fingerprint density at radius 2 is 2.28 bits per heavy atom. The summed E-state index contributed by atoms with van der Waals surface area (Å²) in [6, 6.07) is 1.61. The Morgan fingerprint density at radius 3 is 2.83 bits per heavy atom. The molecule has 0 aliphatic heterocycles. The van der Waals surface area contributed by atoms with Gasteiger partial charge in [-0.2, -0.15) is 23.1 Å². The second kappa shape index (κ2) is 7.01. The number of nitrogens with one attached hydrogen (secondary N) is 2. The highest BCUT2D eigenvalue weighted by Crippen LogP contribution is 2.19. The lowest BCUT2D eigenvalue weighted by atomic mass is 10.2. The van der Waals surface area contributed by atoms with E-state index in [-0.39, 0.29) is 17.3 Å². The molecule has 0 bridgehead atoms. The summed E-state index contributed by atoms with van der Waals surface area (Å²) < 4.78 is 0.0172. The molecule has 0 saturated carbocycles. The Hall–Kier alpha value is -0.720.